The topological polar surface area (TPSA) is 95.3 Å². The molecule has 2 aromatic carbocycles. The number of hydrogen-bond donors (Lipinski definition) is 1. The summed E-state index contributed by atoms with van der Waals surface area (Å²) in [5.74, 6) is 0.848. The van der Waals surface area contributed by atoms with E-state index < -0.39 is 5.97 Å². The number of thioether (sulfide) groups is 1. The van der Waals surface area contributed by atoms with Crippen LogP contribution in [0.3, 0.4) is 0 Å². The van der Waals surface area contributed by atoms with Gasteiger partial charge in [-0.05, 0) is 59.6 Å². The summed E-state index contributed by atoms with van der Waals surface area (Å²) in [4.78, 5) is 24.7. The van der Waals surface area contributed by atoms with Crippen molar-refractivity contribution in [2.24, 2.45) is 0 Å². The zero-order chi connectivity index (χ0) is 25.9. The highest BCUT2D eigenvalue weighted by Gasteiger charge is 2.16. The highest BCUT2D eigenvalue weighted by molar-refractivity contribution is 9.10. The molecule has 0 fully saturated rings. The van der Waals surface area contributed by atoms with Gasteiger partial charge in [0.2, 0.25) is 5.91 Å². The van der Waals surface area contributed by atoms with E-state index in [-0.39, 0.29) is 18.3 Å². The number of amides is 1. The van der Waals surface area contributed by atoms with Gasteiger partial charge in [-0.25, -0.2) is 4.79 Å². The Labute approximate surface area is 227 Å². The molecule has 8 nitrogen and oxygen atoms in total. The molecular weight excluding hydrogens is 568 g/mol. The number of hydrogen-bond acceptors (Lipinski definition) is 7. The lowest BCUT2D eigenvalue weighted by Gasteiger charge is -2.11. The number of aryl methyl sites for hydroxylation is 1. The molecule has 1 amide bonds. The number of benzene rings is 2. The molecule has 0 aliphatic rings. The minimum absolute atomic E-state index is 0.0974. The zero-order valence-corrected chi connectivity index (χ0v) is 22.9. The summed E-state index contributed by atoms with van der Waals surface area (Å²) in [5, 5.41) is 12.6. The van der Waals surface area contributed by atoms with Crippen LogP contribution in [0.1, 0.15) is 29.5 Å². The van der Waals surface area contributed by atoms with Crippen molar-refractivity contribution in [1.82, 2.24) is 14.8 Å². The lowest BCUT2D eigenvalue weighted by molar-refractivity contribution is -0.113. The molecule has 0 bridgehead atoms. The number of para-hydroxylation sites is 1. The van der Waals surface area contributed by atoms with Gasteiger partial charge in [0.1, 0.15) is 11.6 Å². The third kappa shape index (κ3) is 7.84. The molecule has 0 aliphatic carbocycles. The average Bonchev–Trinajstić information content (AvgIpc) is 3.23. The van der Waals surface area contributed by atoms with Crippen LogP contribution in [0.5, 0.6) is 5.75 Å². The van der Waals surface area contributed by atoms with Gasteiger partial charge in [0, 0.05) is 18.0 Å². The largest absolute Gasteiger partial charge is 0.492 e. The highest BCUT2D eigenvalue weighted by Crippen LogP contribution is 2.28. The minimum Gasteiger partial charge on any atom is -0.492 e. The van der Waals surface area contributed by atoms with E-state index in [0.717, 1.165) is 22.5 Å². The Balaban J connectivity index is 1.56. The second kappa shape index (κ2) is 14.1. The molecule has 36 heavy (non-hydrogen) atoms. The molecule has 0 aliphatic heterocycles. The van der Waals surface area contributed by atoms with E-state index in [1.165, 1.54) is 11.8 Å². The number of anilines is 1. The van der Waals surface area contributed by atoms with Crippen molar-refractivity contribution >= 4 is 56.9 Å². The van der Waals surface area contributed by atoms with Crippen LogP contribution in [0.4, 0.5) is 5.69 Å². The van der Waals surface area contributed by atoms with Crippen molar-refractivity contribution in [2.75, 3.05) is 24.3 Å². The Kier molecular flexibility index (Phi) is 10.8. The SMILES string of the molecule is C=CCn1c(CCCOc2ccc(Cl)cc2Br)nnc1SCC(=O)Nc1ccccc1C(=O)OCC. The number of carbonyl (C=O) groups is 2. The number of nitrogens with one attached hydrogen (secondary N) is 1. The van der Waals surface area contributed by atoms with Gasteiger partial charge in [-0.2, -0.15) is 0 Å². The molecular formula is C25H26BrClN4O4S. The van der Waals surface area contributed by atoms with Crippen molar-refractivity contribution in [1.29, 1.82) is 0 Å². The maximum atomic E-state index is 12.6. The molecule has 1 heterocycles. The maximum Gasteiger partial charge on any atom is 0.340 e. The van der Waals surface area contributed by atoms with Gasteiger partial charge in [0.15, 0.2) is 5.16 Å². The normalized spacial score (nSPS) is 10.6. The summed E-state index contributed by atoms with van der Waals surface area (Å²) in [6.45, 7) is 6.81. The molecule has 0 radical (unpaired) electrons. The van der Waals surface area contributed by atoms with Crippen molar-refractivity contribution in [2.45, 2.75) is 31.5 Å². The molecule has 1 aromatic heterocycles. The number of allylic oxidation sites excluding steroid dienone is 1. The Bertz CT molecular complexity index is 1220. The number of aromatic nitrogens is 3. The number of nitrogens with zero attached hydrogens (tertiary/aromatic N) is 3. The van der Waals surface area contributed by atoms with Gasteiger partial charge in [-0.1, -0.05) is 41.6 Å². The Hall–Kier alpha value is -2.82. The van der Waals surface area contributed by atoms with Crippen molar-refractivity contribution in [3.05, 3.63) is 76.0 Å². The van der Waals surface area contributed by atoms with E-state index in [0.29, 0.717) is 41.0 Å². The molecule has 1 N–H and O–H groups in total. The summed E-state index contributed by atoms with van der Waals surface area (Å²) < 4.78 is 13.6. The Morgan fingerprint density at radius 1 is 1.25 bits per heavy atom. The third-order valence-corrected chi connectivity index (χ3v) is 6.65. The fourth-order valence-electron chi connectivity index (χ4n) is 3.22. The quantitative estimate of drug-likeness (QED) is 0.116. The third-order valence-electron chi connectivity index (χ3n) is 4.83. The smallest absolute Gasteiger partial charge is 0.340 e. The molecule has 0 saturated heterocycles. The van der Waals surface area contributed by atoms with Gasteiger partial charge in [-0.15, -0.1) is 16.8 Å². The van der Waals surface area contributed by atoms with E-state index in [1.807, 2.05) is 10.6 Å². The summed E-state index contributed by atoms with van der Waals surface area (Å²) in [7, 11) is 0. The lowest BCUT2D eigenvalue weighted by atomic mass is 10.2. The number of ether oxygens (including phenoxy) is 2. The molecule has 3 rings (SSSR count). The van der Waals surface area contributed by atoms with Gasteiger partial charge < -0.3 is 19.4 Å². The molecule has 3 aromatic rings. The fourth-order valence-corrected chi connectivity index (χ4v) is 4.79. The Morgan fingerprint density at radius 2 is 2.06 bits per heavy atom. The standard InChI is InChI=1S/C25H26BrClN4O4S/c1-3-13-31-22(10-7-14-35-21-12-11-17(27)15-19(21)26)29-30-25(31)36-16-23(32)28-20-9-6-5-8-18(20)24(33)34-4-2/h3,5-6,8-9,11-12,15H,1,4,7,10,13-14,16H2,2H3,(H,28,32). The summed E-state index contributed by atoms with van der Waals surface area (Å²) >= 11 is 10.7. The number of halogens is 2. The monoisotopic (exact) mass is 592 g/mol. The molecule has 190 valence electrons. The molecule has 0 saturated carbocycles. The Morgan fingerprint density at radius 3 is 2.81 bits per heavy atom. The minimum atomic E-state index is -0.483. The van der Waals surface area contributed by atoms with Crippen molar-refractivity contribution in [3.63, 3.8) is 0 Å². The van der Waals surface area contributed by atoms with Crippen LogP contribution >= 0.6 is 39.3 Å². The van der Waals surface area contributed by atoms with E-state index in [9.17, 15) is 9.59 Å². The first-order valence-corrected chi connectivity index (χ1v) is 13.4. The molecule has 0 unspecified atom stereocenters. The second-order valence-electron chi connectivity index (χ2n) is 7.43. The van der Waals surface area contributed by atoms with Crippen LogP contribution in [0, 0.1) is 0 Å². The number of carbonyl (C=O) groups excluding carboxylic acids is 2. The second-order valence-corrected chi connectivity index (χ2v) is 9.66. The van der Waals surface area contributed by atoms with Crippen molar-refractivity contribution < 1.29 is 19.1 Å². The number of esters is 1. The first-order valence-electron chi connectivity index (χ1n) is 11.2. The summed E-state index contributed by atoms with van der Waals surface area (Å²) in [6, 6.07) is 12.1. The van der Waals surface area contributed by atoms with Crippen molar-refractivity contribution in [3.8, 4) is 5.75 Å². The van der Waals surface area contributed by atoms with Gasteiger partial charge in [0.05, 0.1) is 34.7 Å². The van der Waals surface area contributed by atoms with E-state index in [2.05, 4.69) is 38.0 Å². The molecule has 0 spiro atoms. The van der Waals surface area contributed by atoms with E-state index in [1.54, 1.807) is 49.4 Å². The van der Waals surface area contributed by atoms with Gasteiger partial charge in [-0.3, -0.25) is 4.79 Å². The van der Waals surface area contributed by atoms with Crippen LogP contribution in [0.2, 0.25) is 5.02 Å². The zero-order valence-electron chi connectivity index (χ0n) is 19.7. The first-order chi connectivity index (χ1) is 17.4. The fraction of sp³-hybridized carbons (Fsp3) is 0.280. The number of rotatable bonds is 13. The van der Waals surface area contributed by atoms with Gasteiger partial charge in [0.25, 0.3) is 0 Å². The first kappa shape index (κ1) is 27.8. The predicted octanol–water partition coefficient (Wildman–Crippen LogP) is 5.80. The molecule has 11 heteroatoms. The lowest BCUT2D eigenvalue weighted by Crippen LogP contribution is -2.18. The highest BCUT2D eigenvalue weighted by atomic mass is 79.9. The molecule has 0 atom stereocenters. The van der Waals surface area contributed by atoms with Crippen LogP contribution in [0.15, 0.2) is 64.7 Å². The van der Waals surface area contributed by atoms with Crippen LogP contribution in [-0.4, -0.2) is 45.6 Å². The van der Waals surface area contributed by atoms with E-state index in [4.69, 9.17) is 21.1 Å². The maximum absolute atomic E-state index is 12.6. The average molecular weight is 594 g/mol. The van der Waals surface area contributed by atoms with Crippen LogP contribution < -0.4 is 10.1 Å². The summed E-state index contributed by atoms with van der Waals surface area (Å²) in [5.41, 5.74) is 0.713. The van der Waals surface area contributed by atoms with Crippen LogP contribution in [0.25, 0.3) is 0 Å². The predicted molar refractivity (Wildman–Crippen MR) is 145 cm³/mol. The van der Waals surface area contributed by atoms with E-state index >= 15 is 0 Å². The van der Waals surface area contributed by atoms with Gasteiger partial charge >= 0.3 is 5.97 Å². The summed E-state index contributed by atoms with van der Waals surface area (Å²) in [6.07, 6.45) is 3.12. The van der Waals surface area contributed by atoms with Crippen LogP contribution in [-0.2, 0) is 22.5 Å².